The van der Waals surface area contributed by atoms with Gasteiger partial charge < -0.3 is 11.1 Å². The Labute approximate surface area is 109 Å². The first-order valence-electron chi connectivity index (χ1n) is 6.79. The fraction of sp³-hybridized carbons (Fsp3) is 0.533. The summed E-state index contributed by atoms with van der Waals surface area (Å²) in [5.74, 6) is 0.492. The molecule has 2 rings (SSSR count). The second-order valence-corrected chi connectivity index (χ2v) is 5.23. The Hall–Kier alpha value is -1.35. The molecule has 0 aliphatic heterocycles. The SMILES string of the molecule is C[C@H](N)C(=O)NC(c1ccccc1)C1CCCC1. The quantitative estimate of drug-likeness (QED) is 0.857. The number of nitrogens with one attached hydrogen (secondary N) is 1. The van der Waals surface area contributed by atoms with Crippen molar-refractivity contribution in [2.24, 2.45) is 11.7 Å². The van der Waals surface area contributed by atoms with Gasteiger partial charge >= 0.3 is 0 Å². The lowest BCUT2D eigenvalue weighted by Gasteiger charge is -2.26. The van der Waals surface area contributed by atoms with E-state index < -0.39 is 6.04 Å². The summed E-state index contributed by atoms with van der Waals surface area (Å²) in [6, 6.07) is 9.90. The van der Waals surface area contributed by atoms with E-state index in [0.29, 0.717) is 5.92 Å². The molecule has 1 aliphatic rings. The van der Waals surface area contributed by atoms with Crippen molar-refractivity contribution in [3.63, 3.8) is 0 Å². The summed E-state index contributed by atoms with van der Waals surface area (Å²) >= 11 is 0. The van der Waals surface area contributed by atoms with E-state index in [1.165, 1.54) is 31.2 Å². The highest BCUT2D eigenvalue weighted by Gasteiger charge is 2.28. The molecular formula is C15H22N2O. The third-order valence-corrected chi connectivity index (χ3v) is 3.74. The van der Waals surface area contributed by atoms with Crippen LogP contribution in [0, 0.1) is 5.92 Å². The molecule has 0 saturated heterocycles. The molecule has 0 aromatic heterocycles. The van der Waals surface area contributed by atoms with Gasteiger partial charge in [-0.3, -0.25) is 4.79 Å². The molecule has 1 aromatic carbocycles. The minimum Gasteiger partial charge on any atom is -0.348 e. The van der Waals surface area contributed by atoms with Gasteiger partial charge in [0.1, 0.15) is 0 Å². The van der Waals surface area contributed by atoms with Crippen molar-refractivity contribution in [1.29, 1.82) is 0 Å². The Bertz CT molecular complexity index is 383. The summed E-state index contributed by atoms with van der Waals surface area (Å²) in [5, 5.41) is 3.11. The first-order chi connectivity index (χ1) is 8.68. The van der Waals surface area contributed by atoms with Crippen LogP contribution in [-0.4, -0.2) is 11.9 Å². The highest BCUT2D eigenvalue weighted by Crippen LogP contribution is 2.35. The molecule has 1 unspecified atom stereocenters. The fourth-order valence-electron chi connectivity index (χ4n) is 2.71. The average Bonchev–Trinajstić information content (AvgIpc) is 2.90. The number of carbonyl (C=O) groups is 1. The maximum Gasteiger partial charge on any atom is 0.237 e. The molecule has 98 valence electrons. The summed E-state index contributed by atoms with van der Waals surface area (Å²) in [6.07, 6.45) is 4.92. The second kappa shape index (κ2) is 6.01. The van der Waals surface area contributed by atoms with Gasteiger partial charge in [-0.05, 0) is 31.2 Å². The number of carbonyl (C=O) groups excluding carboxylic acids is 1. The summed E-state index contributed by atoms with van der Waals surface area (Å²) in [7, 11) is 0. The predicted octanol–water partition coefficient (Wildman–Crippen LogP) is 2.38. The summed E-state index contributed by atoms with van der Waals surface area (Å²) in [5.41, 5.74) is 6.84. The van der Waals surface area contributed by atoms with Gasteiger partial charge in [0.2, 0.25) is 5.91 Å². The van der Waals surface area contributed by atoms with Crippen molar-refractivity contribution in [3.8, 4) is 0 Å². The minimum absolute atomic E-state index is 0.0595. The first-order valence-corrected chi connectivity index (χ1v) is 6.79. The van der Waals surface area contributed by atoms with Crippen LogP contribution in [0.1, 0.15) is 44.2 Å². The van der Waals surface area contributed by atoms with Crippen LogP contribution in [0.15, 0.2) is 30.3 Å². The lowest BCUT2D eigenvalue weighted by molar-refractivity contribution is -0.123. The lowest BCUT2D eigenvalue weighted by atomic mass is 9.91. The van der Waals surface area contributed by atoms with E-state index >= 15 is 0 Å². The van der Waals surface area contributed by atoms with Gasteiger partial charge in [-0.15, -0.1) is 0 Å². The Morgan fingerprint density at radius 1 is 1.28 bits per heavy atom. The van der Waals surface area contributed by atoms with E-state index in [4.69, 9.17) is 5.73 Å². The zero-order chi connectivity index (χ0) is 13.0. The molecule has 18 heavy (non-hydrogen) atoms. The van der Waals surface area contributed by atoms with E-state index in [1.807, 2.05) is 18.2 Å². The van der Waals surface area contributed by atoms with Gasteiger partial charge in [0.15, 0.2) is 0 Å². The van der Waals surface area contributed by atoms with E-state index in [2.05, 4.69) is 17.4 Å². The molecule has 1 aromatic rings. The molecule has 1 aliphatic carbocycles. The van der Waals surface area contributed by atoms with Gasteiger partial charge in [0.05, 0.1) is 12.1 Å². The van der Waals surface area contributed by atoms with Gasteiger partial charge in [0.25, 0.3) is 0 Å². The Balaban J connectivity index is 2.15. The number of amides is 1. The molecule has 0 bridgehead atoms. The van der Waals surface area contributed by atoms with Crippen LogP contribution in [-0.2, 0) is 4.79 Å². The van der Waals surface area contributed by atoms with Gasteiger partial charge in [0, 0.05) is 0 Å². The number of rotatable bonds is 4. The lowest BCUT2D eigenvalue weighted by Crippen LogP contribution is -2.42. The molecule has 0 spiro atoms. The van der Waals surface area contributed by atoms with Crippen LogP contribution >= 0.6 is 0 Å². The molecule has 0 heterocycles. The number of hydrogen-bond donors (Lipinski definition) is 2. The number of hydrogen-bond acceptors (Lipinski definition) is 2. The molecule has 3 heteroatoms. The van der Waals surface area contributed by atoms with Crippen LogP contribution in [0.5, 0.6) is 0 Å². The van der Waals surface area contributed by atoms with E-state index in [9.17, 15) is 4.79 Å². The maximum atomic E-state index is 11.8. The van der Waals surface area contributed by atoms with Gasteiger partial charge in [-0.2, -0.15) is 0 Å². The van der Waals surface area contributed by atoms with Crippen LogP contribution in [0.2, 0.25) is 0 Å². The molecule has 1 fully saturated rings. The van der Waals surface area contributed by atoms with E-state index in [-0.39, 0.29) is 11.9 Å². The highest BCUT2D eigenvalue weighted by atomic mass is 16.2. The molecule has 3 N–H and O–H groups in total. The van der Waals surface area contributed by atoms with Crippen molar-refractivity contribution in [3.05, 3.63) is 35.9 Å². The molecule has 0 radical (unpaired) electrons. The molecule has 1 amide bonds. The molecule has 2 atom stereocenters. The minimum atomic E-state index is -0.447. The predicted molar refractivity (Wildman–Crippen MR) is 72.9 cm³/mol. The van der Waals surface area contributed by atoms with E-state index in [1.54, 1.807) is 6.92 Å². The zero-order valence-electron chi connectivity index (χ0n) is 10.9. The largest absolute Gasteiger partial charge is 0.348 e. The molecular weight excluding hydrogens is 224 g/mol. The summed E-state index contributed by atoms with van der Waals surface area (Å²) < 4.78 is 0. The first kappa shape index (κ1) is 13.1. The van der Waals surface area contributed by atoms with Crippen LogP contribution < -0.4 is 11.1 Å². The van der Waals surface area contributed by atoms with E-state index in [0.717, 1.165) is 0 Å². The number of benzene rings is 1. The normalized spacial score (nSPS) is 19.4. The van der Waals surface area contributed by atoms with Gasteiger partial charge in [-0.1, -0.05) is 43.2 Å². The highest BCUT2D eigenvalue weighted by molar-refractivity contribution is 5.81. The van der Waals surface area contributed by atoms with Gasteiger partial charge in [-0.25, -0.2) is 0 Å². The van der Waals surface area contributed by atoms with Crippen LogP contribution in [0.4, 0.5) is 0 Å². The second-order valence-electron chi connectivity index (χ2n) is 5.23. The summed E-state index contributed by atoms with van der Waals surface area (Å²) in [4.78, 5) is 11.8. The average molecular weight is 246 g/mol. The third-order valence-electron chi connectivity index (χ3n) is 3.74. The third kappa shape index (κ3) is 3.10. The molecule has 1 saturated carbocycles. The van der Waals surface area contributed by atoms with Crippen LogP contribution in [0.25, 0.3) is 0 Å². The fourth-order valence-corrected chi connectivity index (χ4v) is 2.71. The topological polar surface area (TPSA) is 55.1 Å². The van der Waals surface area contributed by atoms with Crippen molar-refractivity contribution in [1.82, 2.24) is 5.32 Å². The maximum absolute atomic E-state index is 11.8. The Kier molecular flexibility index (Phi) is 4.37. The Morgan fingerprint density at radius 3 is 2.44 bits per heavy atom. The van der Waals surface area contributed by atoms with Crippen LogP contribution in [0.3, 0.4) is 0 Å². The molecule has 3 nitrogen and oxygen atoms in total. The van der Waals surface area contributed by atoms with Crippen molar-refractivity contribution >= 4 is 5.91 Å². The smallest absolute Gasteiger partial charge is 0.237 e. The van der Waals surface area contributed by atoms with Crippen molar-refractivity contribution < 1.29 is 4.79 Å². The van der Waals surface area contributed by atoms with Crippen molar-refractivity contribution in [2.45, 2.75) is 44.7 Å². The van der Waals surface area contributed by atoms with Crippen molar-refractivity contribution in [2.75, 3.05) is 0 Å². The Morgan fingerprint density at radius 2 is 1.89 bits per heavy atom. The summed E-state index contributed by atoms with van der Waals surface area (Å²) in [6.45, 7) is 1.73. The standard InChI is InChI=1S/C15H22N2O/c1-11(16)15(18)17-14(13-9-5-6-10-13)12-7-3-2-4-8-12/h2-4,7-8,11,13-14H,5-6,9-10,16H2,1H3,(H,17,18)/t11-,14?/m0/s1. The zero-order valence-corrected chi connectivity index (χ0v) is 10.9. The number of nitrogens with two attached hydrogens (primary N) is 1. The monoisotopic (exact) mass is 246 g/mol.